The summed E-state index contributed by atoms with van der Waals surface area (Å²) in [6.07, 6.45) is 10.2. The monoisotopic (exact) mass is 312 g/mol. The Hall–Kier alpha value is -1.46. The minimum Gasteiger partial charge on any atom is -0.377 e. The molecule has 0 amide bonds. The summed E-state index contributed by atoms with van der Waals surface area (Å²) in [5.74, 6) is 1.79. The summed E-state index contributed by atoms with van der Waals surface area (Å²) in [5, 5.41) is 12.4. The number of rotatable bonds is 4. The standard InChI is InChI=1S/C18H24N4O/c1-4-11-22-14(5-1)20-21-15(22)6-10-19-16-13-7-12-23-17(13)18(16)8-2-3-9-18/h1,4-5,11,13,16-17,19H,2-3,6-10,12H2/t13-,16-,17-/m1/s1. The van der Waals surface area contributed by atoms with Gasteiger partial charge in [0.05, 0.1) is 6.10 Å². The Bertz CT molecular complexity index is 706. The molecule has 3 fully saturated rings. The minimum atomic E-state index is 0.439. The van der Waals surface area contributed by atoms with Crippen molar-refractivity contribution in [3.8, 4) is 0 Å². The first-order valence-corrected chi connectivity index (χ1v) is 9.02. The van der Waals surface area contributed by atoms with E-state index in [0.717, 1.165) is 37.0 Å². The summed E-state index contributed by atoms with van der Waals surface area (Å²) < 4.78 is 8.16. The summed E-state index contributed by atoms with van der Waals surface area (Å²) in [7, 11) is 0. The zero-order chi connectivity index (χ0) is 15.3. The van der Waals surface area contributed by atoms with Crippen molar-refractivity contribution in [1.82, 2.24) is 19.9 Å². The maximum Gasteiger partial charge on any atom is 0.160 e. The van der Waals surface area contributed by atoms with Crippen LogP contribution in [0.2, 0.25) is 0 Å². The van der Waals surface area contributed by atoms with E-state index in [1.54, 1.807) is 0 Å². The highest BCUT2D eigenvalue weighted by atomic mass is 16.5. The van der Waals surface area contributed by atoms with Gasteiger partial charge < -0.3 is 10.1 Å². The molecule has 2 aromatic rings. The SMILES string of the molecule is c1ccn2c(CCN[C@@H]3[C@H]4CCO[C@H]4C34CCCC4)nnc2c1. The fourth-order valence-corrected chi connectivity index (χ4v) is 5.41. The molecule has 5 rings (SSSR count). The normalized spacial score (nSPS) is 31.6. The zero-order valence-corrected chi connectivity index (χ0v) is 13.4. The second-order valence-electron chi connectivity index (χ2n) is 7.41. The van der Waals surface area contributed by atoms with Crippen molar-refractivity contribution in [3.05, 3.63) is 30.2 Å². The first-order valence-electron chi connectivity index (χ1n) is 9.02. The molecule has 3 aliphatic rings. The van der Waals surface area contributed by atoms with Crippen LogP contribution in [0.1, 0.15) is 37.9 Å². The van der Waals surface area contributed by atoms with Crippen LogP contribution in [-0.4, -0.2) is 39.9 Å². The summed E-state index contributed by atoms with van der Waals surface area (Å²) in [6.45, 7) is 1.94. The molecular weight excluding hydrogens is 288 g/mol. The van der Waals surface area contributed by atoms with Gasteiger partial charge in [-0.15, -0.1) is 10.2 Å². The Labute approximate surface area is 136 Å². The highest BCUT2D eigenvalue weighted by Gasteiger charge is 2.64. The lowest BCUT2D eigenvalue weighted by atomic mass is 9.54. The van der Waals surface area contributed by atoms with Crippen molar-refractivity contribution >= 4 is 5.65 Å². The van der Waals surface area contributed by atoms with E-state index < -0.39 is 0 Å². The van der Waals surface area contributed by atoms with Crippen molar-refractivity contribution in [3.63, 3.8) is 0 Å². The molecule has 3 atom stereocenters. The Morgan fingerprint density at radius 3 is 3.09 bits per heavy atom. The molecule has 3 heterocycles. The number of nitrogens with one attached hydrogen (secondary N) is 1. The molecule has 2 saturated carbocycles. The minimum absolute atomic E-state index is 0.439. The molecule has 23 heavy (non-hydrogen) atoms. The predicted molar refractivity (Wildman–Crippen MR) is 87.2 cm³/mol. The fourth-order valence-electron chi connectivity index (χ4n) is 5.41. The third kappa shape index (κ3) is 1.99. The molecule has 0 radical (unpaired) electrons. The Balaban J connectivity index is 1.27. The van der Waals surface area contributed by atoms with Gasteiger partial charge in [0, 0.05) is 43.1 Å². The first kappa shape index (κ1) is 13.9. The summed E-state index contributed by atoms with van der Waals surface area (Å²) in [4.78, 5) is 0. The summed E-state index contributed by atoms with van der Waals surface area (Å²) >= 11 is 0. The molecule has 5 heteroatoms. The van der Waals surface area contributed by atoms with Crippen molar-refractivity contribution in [1.29, 1.82) is 0 Å². The van der Waals surface area contributed by atoms with E-state index in [2.05, 4.69) is 19.9 Å². The van der Waals surface area contributed by atoms with Crippen LogP contribution < -0.4 is 5.32 Å². The average molecular weight is 312 g/mol. The Kier molecular flexibility index (Phi) is 3.20. The second kappa shape index (κ2) is 5.28. The quantitative estimate of drug-likeness (QED) is 0.940. The Morgan fingerprint density at radius 2 is 2.17 bits per heavy atom. The third-order valence-corrected chi connectivity index (χ3v) is 6.38. The van der Waals surface area contributed by atoms with Crippen LogP contribution in [-0.2, 0) is 11.2 Å². The molecule has 0 unspecified atom stereocenters. The molecular formula is C18H24N4O. The summed E-state index contributed by atoms with van der Waals surface area (Å²) in [6, 6.07) is 6.69. The van der Waals surface area contributed by atoms with Gasteiger partial charge in [0.2, 0.25) is 0 Å². The van der Waals surface area contributed by atoms with Gasteiger partial charge >= 0.3 is 0 Å². The second-order valence-corrected chi connectivity index (χ2v) is 7.41. The summed E-state index contributed by atoms with van der Waals surface area (Å²) in [5.41, 5.74) is 1.37. The predicted octanol–water partition coefficient (Wildman–Crippen LogP) is 2.21. The van der Waals surface area contributed by atoms with Crippen LogP contribution in [0.5, 0.6) is 0 Å². The first-order chi connectivity index (χ1) is 11.4. The largest absolute Gasteiger partial charge is 0.377 e. The smallest absolute Gasteiger partial charge is 0.160 e. The molecule has 5 nitrogen and oxygen atoms in total. The van der Waals surface area contributed by atoms with E-state index >= 15 is 0 Å². The van der Waals surface area contributed by atoms with E-state index in [-0.39, 0.29) is 0 Å². The topological polar surface area (TPSA) is 51.5 Å². The van der Waals surface area contributed by atoms with Gasteiger partial charge in [-0.2, -0.15) is 0 Å². The molecule has 1 N–H and O–H groups in total. The van der Waals surface area contributed by atoms with Crippen LogP contribution in [0.4, 0.5) is 0 Å². The molecule has 0 aromatic carbocycles. The van der Waals surface area contributed by atoms with Crippen LogP contribution in [0.15, 0.2) is 24.4 Å². The number of hydrogen-bond donors (Lipinski definition) is 1. The van der Waals surface area contributed by atoms with E-state index in [0.29, 0.717) is 17.6 Å². The molecule has 122 valence electrons. The lowest BCUT2D eigenvalue weighted by Gasteiger charge is -2.57. The van der Waals surface area contributed by atoms with Gasteiger partial charge in [-0.3, -0.25) is 4.40 Å². The molecule has 1 spiro atoms. The Morgan fingerprint density at radius 1 is 1.26 bits per heavy atom. The van der Waals surface area contributed by atoms with Crippen LogP contribution in [0.3, 0.4) is 0 Å². The van der Waals surface area contributed by atoms with Crippen molar-refractivity contribution in [2.24, 2.45) is 11.3 Å². The molecule has 1 aliphatic heterocycles. The zero-order valence-electron chi connectivity index (χ0n) is 13.4. The molecule has 0 bridgehead atoms. The number of aromatic nitrogens is 3. The number of nitrogens with zero attached hydrogens (tertiary/aromatic N) is 3. The van der Waals surface area contributed by atoms with E-state index in [1.165, 1.54) is 32.1 Å². The van der Waals surface area contributed by atoms with E-state index in [9.17, 15) is 0 Å². The number of fused-ring (bicyclic) bond motifs is 3. The van der Waals surface area contributed by atoms with E-state index in [1.807, 2.05) is 24.4 Å². The highest BCUT2D eigenvalue weighted by molar-refractivity contribution is 5.37. The molecule has 2 aromatic heterocycles. The average Bonchev–Trinajstić information content (AvgIpc) is 3.30. The number of ether oxygens (including phenoxy) is 1. The van der Waals surface area contributed by atoms with Crippen molar-refractivity contribution in [2.45, 2.75) is 50.7 Å². The van der Waals surface area contributed by atoms with Gasteiger partial charge in [-0.1, -0.05) is 18.9 Å². The number of pyridine rings is 1. The van der Waals surface area contributed by atoms with E-state index in [4.69, 9.17) is 4.74 Å². The van der Waals surface area contributed by atoms with Crippen molar-refractivity contribution < 1.29 is 4.74 Å². The van der Waals surface area contributed by atoms with Gasteiger partial charge in [0.15, 0.2) is 5.65 Å². The number of hydrogen-bond acceptors (Lipinski definition) is 4. The van der Waals surface area contributed by atoms with Crippen LogP contribution >= 0.6 is 0 Å². The highest BCUT2D eigenvalue weighted by Crippen LogP contribution is 2.60. The third-order valence-electron chi connectivity index (χ3n) is 6.38. The lowest BCUT2D eigenvalue weighted by Crippen LogP contribution is -2.67. The molecule has 2 aliphatic carbocycles. The molecule has 1 saturated heterocycles. The van der Waals surface area contributed by atoms with Crippen LogP contribution in [0.25, 0.3) is 5.65 Å². The van der Waals surface area contributed by atoms with Gasteiger partial charge in [0.25, 0.3) is 0 Å². The maximum absolute atomic E-state index is 6.06. The lowest BCUT2D eigenvalue weighted by molar-refractivity contribution is -0.130. The maximum atomic E-state index is 6.06. The van der Waals surface area contributed by atoms with Gasteiger partial charge in [0.1, 0.15) is 5.82 Å². The van der Waals surface area contributed by atoms with Gasteiger partial charge in [-0.25, -0.2) is 0 Å². The fraction of sp³-hybridized carbons (Fsp3) is 0.667. The van der Waals surface area contributed by atoms with Gasteiger partial charge in [-0.05, 0) is 31.4 Å². The van der Waals surface area contributed by atoms with Crippen LogP contribution in [0, 0.1) is 11.3 Å². The van der Waals surface area contributed by atoms with Crippen molar-refractivity contribution in [2.75, 3.05) is 13.2 Å².